The van der Waals surface area contributed by atoms with Crippen molar-refractivity contribution < 1.29 is 4.39 Å². The SMILES string of the molecule is Fc1cc(-c2cc(Cl)c(Cl)cc2Cl)nc(-c2cc(Cl)c(Cl)cc2Cl)c1. The summed E-state index contributed by atoms with van der Waals surface area (Å²) in [6.07, 6.45) is 0. The summed E-state index contributed by atoms with van der Waals surface area (Å²) in [5, 5.41) is 1.72. The van der Waals surface area contributed by atoms with Crippen LogP contribution < -0.4 is 0 Å². The molecule has 0 atom stereocenters. The molecule has 0 amide bonds. The van der Waals surface area contributed by atoms with Gasteiger partial charge in [-0.3, -0.25) is 0 Å². The number of pyridine rings is 1. The molecule has 128 valence electrons. The Balaban J connectivity index is 2.21. The molecule has 1 heterocycles. The molecular formula is C17H6Cl6FN. The molecule has 2 aromatic carbocycles. The van der Waals surface area contributed by atoms with E-state index in [0.29, 0.717) is 31.2 Å². The first kappa shape index (κ1) is 19.0. The quantitative estimate of drug-likeness (QED) is 0.353. The molecule has 0 aliphatic heterocycles. The number of halogens is 7. The van der Waals surface area contributed by atoms with Gasteiger partial charge in [0.05, 0.1) is 41.5 Å². The maximum Gasteiger partial charge on any atom is 0.127 e. The van der Waals surface area contributed by atoms with Crippen molar-refractivity contribution >= 4 is 69.6 Å². The van der Waals surface area contributed by atoms with Crippen molar-refractivity contribution in [3.63, 3.8) is 0 Å². The van der Waals surface area contributed by atoms with E-state index in [1.807, 2.05) is 0 Å². The predicted octanol–water partition coefficient (Wildman–Crippen LogP) is 8.48. The van der Waals surface area contributed by atoms with Gasteiger partial charge >= 0.3 is 0 Å². The number of hydrogen-bond donors (Lipinski definition) is 0. The van der Waals surface area contributed by atoms with Gasteiger partial charge in [0.2, 0.25) is 0 Å². The molecule has 0 unspecified atom stereocenters. The molecule has 0 saturated heterocycles. The van der Waals surface area contributed by atoms with Gasteiger partial charge in [-0.2, -0.15) is 0 Å². The summed E-state index contributed by atoms with van der Waals surface area (Å²) in [6.45, 7) is 0. The Kier molecular flexibility index (Phi) is 5.69. The zero-order valence-corrected chi connectivity index (χ0v) is 16.6. The van der Waals surface area contributed by atoms with Gasteiger partial charge in [-0.25, -0.2) is 9.37 Å². The van der Waals surface area contributed by atoms with Gasteiger partial charge in [0.15, 0.2) is 0 Å². The van der Waals surface area contributed by atoms with Gasteiger partial charge in [-0.1, -0.05) is 69.6 Å². The van der Waals surface area contributed by atoms with E-state index in [-0.39, 0.29) is 21.4 Å². The molecule has 0 radical (unpaired) electrons. The van der Waals surface area contributed by atoms with Crippen molar-refractivity contribution in [1.29, 1.82) is 0 Å². The van der Waals surface area contributed by atoms with Crippen molar-refractivity contribution in [2.24, 2.45) is 0 Å². The summed E-state index contributed by atoms with van der Waals surface area (Å²) >= 11 is 36.3. The molecule has 8 heteroatoms. The first-order valence-corrected chi connectivity index (χ1v) is 9.00. The summed E-state index contributed by atoms with van der Waals surface area (Å²) in [7, 11) is 0. The van der Waals surface area contributed by atoms with E-state index in [1.165, 1.54) is 36.4 Å². The van der Waals surface area contributed by atoms with Crippen LogP contribution in [0.15, 0.2) is 36.4 Å². The molecule has 1 aromatic heterocycles. The molecule has 0 aliphatic carbocycles. The molecule has 1 nitrogen and oxygen atoms in total. The van der Waals surface area contributed by atoms with E-state index in [0.717, 1.165) is 0 Å². The van der Waals surface area contributed by atoms with E-state index in [2.05, 4.69) is 4.98 Å². The lowest BCUT2D eigenvalue weighted by atomic mass is 10.1. The number of hydrogen-bond acceptors (Lipinski definition) is 1. The normalized spacial score (nSPS) is 11.0. The largest absolute Gasteiger partial charge is 0.247 e. The first-order valence-electron chi connectivity index (χ1n) is 6.73. The predicted molar refractivity (Wildman–Crippen MR) is 105 cm³/mol. The second-order valence-corrected chi connectivity index (χ2v) is 7.49. The van der Waals surface area contributed by atoms with Crippen LogP contribution >= 0.6 is 69.6 Å². The molecule has 0 aliphatic rings. The van der Waals surface area contributed by atoms with Crippen molar-refractivity contribution in [3.8, 4) is 22.5 Å². The highest BCUT2D eigenvalue weighted by molar-refractivity contribution is 6.44. The van der Waals surface area contributed by atoms with Crippen LogP contribution in [0.4, 0.5) is 4.39 Å². The zero-order valence-electron chi connectivity index (χ0n) is 12.1. The molecule has 0 bridgehead atoms. The Morgan fingerprint density at radius 2 is 0.880 bits per heavy atom. The fraction of sp³-hybridized carbons (Fsp3) is 0. The minimum Gasteiger partial charge on any atom is -0.247 e. The topological polar surface area (TPSA) is 12.9 Å². The van der Waals surface area contributed by atoms with E-state index >= 15 is 0 Å². The Bertz CT molecular complexity index is 914. The van der Waals surface area contributed by atoms with Gasteiger partial charge in [-0.15, -0.1) is 0 Å². The standard InChI is InChI=1S/C17H6Cl6FN/c18-10-5-14(22)12(20)3-8(10)16-1-7(24)2-17(25-16)9-4-13(21)15(23)6-11(9)19/h1-6H. The van der Waals surface area contributed by atoms with Crippen molar-refractivity contribution in [3.05, 3.63) is 72.4 Å². The van der Waals surface area contributed by atoms with Crippen LogP contribution in [0.25, 0.3) is 22.5 Å². The summed E-state index contributed by atoms with van der Waals surface area (Å²) < 4.78 is 14.2. The Labute approximate surface area is 173 Å². The highest BCUT2D eigenvalue weighted by Crippen LogP contribution is 2.38. The fourth-order valence-corrected chi connectivity index (χ4v) is 3.50. The smallest absolute Gasteiger partial charge is 0.127 e. The van der Waals surface area contributed by atoms with Crippen LogP contribution in [0, 0.1) is 5.82 Å². The van der Waals surface area contributed by atoms with Crippen LogP contribution in [0.3, 0.4) is 0 Å². The first-order chi connectivity index (χ1) is 11.8. The third kappa shape index (κ3) is 4.00. The monoisotopic (exact) mass is 453 g/mol. The molecule has 3 aromatic rings. The molecule has 0 spiro atoms. The van der Waals surface area contributed by atoms with Gasteiger partial charge in [0.1, 0.15) is 5.82 Å². The second kappa shape index (κ2) is 7.48. The van der Waals surface area contributed by atoms with Crippen LogP contribution in [-0.4, -0.2) is 4.98 Å². The highest BCUT2D eigenvalue weighted by Gasteiger charge is 2.15. The van der Waals surface area contributed by atoms with Gasteiger partial charge in [0, 0.05) is 23.3 Å². The number of rotatable bonds is 2. The molecule has 25 heavy (non-hydrogen) atoms. The Morgan fingerprint density at radius 3 is 1.28 bits per heavy atom. The maximum absolute atomic E-state index is 14.2. The molecule has 0 saturated carbocycles. The van der Waals surface area contributed by atoms with E-state index < -0.39 is 5.82 Å². The van der Waals surface area contributed by atoms with Crippen molar-refractivity contribution in [1.82, 2.24) is 4.98 Å². The van der Waals surface area contributed by atoms with Gasteiger partial charge in [0.25, 0.3) is 0 Å². The minimum absolute atomic E-state index is 0.278. The molecule has 3 rings (SSSR count). The summed E-state index contributed by atoms with van der Waals surface area (Å²) in [5.41, 5.74) is 1.43. The average Bonchev–Trinajstić information content (AvgIpc) is 2.53. The lowest BCUT2D eigenvalue weighted by Crippen LogP contribution is -1.93. The van der Waals surface area contributed by atoms with Crippen LogP contribution in [0.1, 0.15) is 0 Å². The van der Waals surface area contributed by atoms with E-state index in [4.69, 9.17) is 69.6 Å². The van der Waals surface area contributed by atoms with E-state index in [9.17, 15) is 4.39 Å². The van der Waals surface area contributed by atoms with Crippen molar-refractivity contribution in [2.75, 3.05) is 0 Å². The van der Waals surface area contributed by atoms with Crippen LogP contribution in [0.2, 0.25) is 30.1 Å². The average molecular weight is 456 g/mol. The Morgan fingerprint density at radius 1 is 0.520 bits per heavy atom. The molecule has 0 N–H and O–H groups in total. The Hall–Kier alpha value is -0.740. The van der Waals surface area contributed by atoms with E-state index in [1.54, 1.807) is 0 Å². The highest BCUT2D eigenvalue weighted by atomic mass is 35.5. The van der Waals surface area contributed by atoms with Crippen LogP contribution in [0.5, 0.6) is 0 Å². The summed E-state index contributed by atoms with van der Waals surface area (Å²) in [6, 6.07) is 8.46. The fourth-order valence-electron chi connectivity index (χ4n) is 2.21. The lowest BCUT2D eigenvalue weighted by molar-refractivity contribution is 0.627. The summed E-state index contributed by atoms with van der Waals surface area (Å²) in [5.74, 6) is -0.524. The van der Waals surface area contributed by atoms with Gasteiger partial charge in [-0.05, 0) is 24.3 Å². The van der Waals surface area contributed by atoms with Gasteiger partial charge < -0.3 is 0 Å². The molecule has 0 fully saturated rings. The number of nitrogens with zero attached hydrogens (tertiary/aromatic N) is 1. The minimum atomic E-state index is -0.524. The summed E-state index contributed by atoms with van der Waals surface area (Å²) in [4.78, 5) is 4.42. The maximum atomic E-state index is 14.2. The molecular weight excluding hydrogens is 450 g/mol. The number of benzene rings is 2. The third-order valence-corrected chi connectivity index (χ3v) is 5.43. The van der Waals surface area contributed by atoms with Crippen LogP contribution in [-0.2, 0) is 0 Å². The third-order valence-electron chi connectivity index (χ3n) is 3.36. The lowest BCUT2D eigenvalue weighted by Gasteiger charge is -2.10. The second-order valence-electron chi connectivity index (χ2n) is 5.05. The number of aromatic nitrogens is 1. The zero-order chi connectivity index (χ0) is 18.3. The van der Waals surface area contributed by atoms with Crippen molar-refractivity contribution in [2.45, 2.75) is 0 Å².